The van der Waals surface area contributed by atoms with Gasteiger partial charge in [-0.3, -0.25) is 4.79 Å². The van der Waals surface area contributed by atoms with Crippen molar-refractivity contribution in [1.29, 1.82) is 0 Å². The summed E-state index contributed by atoms with van der Waals surface area (Å²) in [5, 5.41) is 4.32. The summed E-state index contributed by atoms with van der Waals surface area (Å²) < 4.78 is 17.1. The van der Waals surface area contributed by atoms with E-state index in [9.17, 15) is 4.79 Å². The van der Waals surface area contributed by atoms with Crippen LogP contribution in [-0.4, -0.2) is 43.4 Å². The van der Waals surface area contributed by atoms with Gasteiger partial charge in [0, 0.05) is 35.2 Å². The van der Waals surface area contributed by atoms with E-state index in [2.05, 4.69) is 24.1 Å². The Morgan fingerprint density at radius 1 is 1.07 bits per heavy atom. The standard InChI is InChI=1S/C23H28N2O4/c1-16(2)25-14-18(15-28-22-10-6-8-20-19(22)11-12-24-20)29-23(26)13-17-7-4-5-9-21(17)27-3/h4-12,16,18,24-25H,13-15H2,1-3H3. The highest BCUT2D eigenvalue weighted by Crippen LogP contribution is 2.25. The molecule has 1 heterocycles. The average molecular weight is 396 g/mol. The number of esters is 1. The number of hydrogen-bond donors (Lipinski definition) is 2. The van der Waals surface area contributed by atoms with Crippen LogP contribution in [0.2, 0.25) is 0 Å². The highest BCUT2D eigenvalue weighted by atomic mass is 16.6. The van der Waals surface area contributed by atoms with Crippen LogP contribution >= 0.6 is 0 Å². The van der Waals surface area contributed by atoms with Gasteiger partial charge >= 0.3 is 5.97 Å². The Hall–Kier alpha value is -2.99. The molecule has 0 bridgehead atoms. The van der Waals surface area contributed by atoms with Gasteiger partial charge in [0.2, 0.25) is 0 Å². The molecular weight excluding hydrogens is 368 g/mol. The lowest BCUT2D eigenvalue weighted by Crippen LogP contribution is -2.38. The summed E-state index contributed by atoms with van der Waals surface area (Å²) in [6.45, 7) is 4.88. The molecule has 0 aliphatic heterocycles. The minimum atomic E-state index is -0.409. The number of aromatic nitrogens is 1. The van der Waals surface area contributed by atoms with Crippen LogP contribution in [0.3, 0.4) is 0 Å². The molecule has 3 rings (SSSR count). The Kier molecular flexibility index (Phi) is 7.14. The first-order valence-electron chi connectivity index (χ1n) is 9.80. The van der Waals surface area contributed by atoms with Gasteiger partial charge in [-0.25, -0.2) is 0 Å². The van der Waals surface area contributed by atoms with Crippen molar-refractivity contribution < 1.29 is 19.0 Å². The van der Waals surface area contributed by atoms with Gasteiger partial charge in [0.15, 0.2) is 0 Å². The fourth-order valence-electron chi connectivity index (χ4n) is 3.10. The first kappa shape index (κ1) is 20.7. The number of methoxy groups -OCH3 is 1. The third-order valence-corrected chi connectivity index (χ3v) is 4.56. The summed E-state index contributed by atoms with van der Waals surface area (Å²) in [6.07, 6.45) is 1.62. The van der Waals surface area contributed by atoms with Crippen molar-refractivity contribution in [1.82, 2.24) is 10.3 Å². The molecule has 1 unspecified atom stereocenters. The molecule has 1 aromatic heterocycles. The zero-order chi connectivity index (χ0) is 20.6. The van der Waals surface area contributed by atoms with Gasteiger partial charge in [-0.2, -0.15) is 0 Å². The second-order valence-electron chi connectivity index (χ2n) is 7.17. The molecule has 0 aliphatic rings. The molecule has 29 heavy (non-hydrogen) atoms. The predicted molar refractivity (Wildman–Crippen MR) is 114 cm³/mol. The molecule has 0 saturated carbocycles. The predicted octanol–water partition coefficient (Wildman–Crippen LogP) is 3.71. The first-order valence-corrected chi connectivity index (χ1v) is 9.80. The van der Waals surface area contributed by atoms with Gasteiger partial charge in [-0.1, -0.05) is 38.1 Å². The second kappa shape index (κ2) is 9.98. The largest absolute Gasteiger partial charge is 0.496 e. The third kappa shape index (κ3) is 5.74. The van der Waals surface area contributed by atoms with Crippen LogP contribution in [0.5, 0.6) is 11.5 Å². The molecule has 0 radical (unpaired) electrons. The number of nitrogens with one attached hydrogen (secondary N) is 2. The summed E-state index contributed by atoms with van der Waals surface area (Å²) in [4.78, 5) is 15.7. The third-order valence-electron chi connectivity index (χ3n) is 4.56. The Balaban J connectivity index is 1.64. The highest BCUT2D eigenvalue weighted by Gasteiger charge is 2.18. The topological polar surface area (TPSA) is 72.6 Å². The number of ether oxygens (including phenoxy) is 3. The number of carbonyl (C=O) groups excluding carboxylic acids is 1. The lowest BCUT2D eigenvalue weighted by molar-refractivity contribution is -0.149. The van der Waals surface area contributed by atoms with Crippen molar-refractivity contribution in [2.75, 3.05) is 20.3 Å². The van der Waals surface area contributed by atoms with E-state index in [1.165, 1.54) is 0 Å². The highest BCUT2D eigenvalue weighted by molar-refractivity contribution is 5.85. The lowest BCUT2D eigenvalue weighted by atomic mass is 10.1. The Labute approximate surface area is 171 Å². The van der Waals surface area contributed by atoms with E-state index in [1.807, 2.05) is 54.7 Å². The van der Waals surface area contributed by atoms with E-state index in [0.717, 1.165) is 22.2 Å². The van der Waals surface area contributed by atoms with E-state index in [-0.39, 0.29) is 25.0 Å². The molecule has 0 spiro atoms. The summed E-state index contributed by atoms with van der Waals surface area (Å²) in [5.41, 5.74) is 1.81. The van der Waals surface area contributed by atoms with Crippen LogP contribution in [0.4, 0.5) is 0 Å². The number of hydrogen-bond acceptors (Lipinski definition) is 5. The van der Waals surface area contributed by atoms with Gasteiger partial charge in [-0.15, -0.1) is 0 Å². The number of carbonyl (C=O) groups is 1. The first-order chi connectivity index (χ1) is 14.1. The van der Waals surface area contributed by atoms with Crippen LogP contribution < -0.4 is 14.8 Å². The number of rotatable bonds is 10. The molecule has 6 heteroatoms. The number of aromatic amines is 1. The van der Waals surface area contributed by atoms with Crippen LogP contribution in [0.1, 0.15) is 19.4 Å². The molecule has 0 amide bonds. The minimum Gasteiger partial charge on any atom is -0.496 e. The van der Waals surface area contributed by atoms with Crippen molar-refractivity contribution in [3.8, 4) is 11.5 Å². The quantitative estimate of drug-likeness (QED) is 0.511. The number of H-pyrrole nitrogens is 1. The molecule has 154 valence electrons. The minimum absolute atomic E-state index is 0.148. The maximum Gasteiger partial charge on any atom is 0.310 e. The van der Waals surface area contributed by atoms with E-state index < -0.39 is 6.10 Å². The number of benzene rings is 2. The van der Waals surface area contributed by atoms with E-state index >= 15 is 0 Å². The number of para-hydroxylation sites is 1. The molecule has 6 nitrogen and oxygen atoms in total. The fourth-order valence-corrected chi connectivity index (χ4v) is 3.10. The van der Waals surface area contributed by atoms with E-state index in [0.29, 0.717) is 12.3 Å². The van der Waals surface area contributed by atoms with Crippen molar-refractivity contribution in [3.63, 3.8) is 0 Å². The zero-order valence-corrected chi connectivity index (χ0v) is 17.1. The summed E-state index contributed by atoms with van der Waals surface area (Å²) >= 11 is 0. The average Bonchev–Trinajstić information content (AvgIpc) is 3.19. The van der Waals surface area contributed by atoms with Crippen molar-refractivity contribution in [3.05, 3.63) is 60.3 Å². The van der Waals surface area contributed by atoms with E-state index in [1.54, 1.807) is 7.11 Å². The molecule has 3 aromatic rings. The normalized spacial score (nSPS) is 12.1. The zero-order valence-electron chi connectivity index (χ0n) is 17.1. The molecule has 2 aromatic carbocycles. The molecule has 0 saturated heterocycles. The SMILES string of the molecule is COc1ccccc1CC(=O)OC(CNC(C)C)COc1cccc2[nH]ccc12. The van der Waals surface area contributed by atoms with Gasteiger partial charge in [0.1, 0.15) is 24.2 Å². The number of fused-ring (bicyclic) bond motifs is 1. The summed E-state index contributed by atoms with van der Waals surface area (Å²) in [7, 11) is 1.59. The van der Waals surface area contributed by atoms with Crippen molar-refractivity contribution in [2.45, 2.75) is 32.4 Å². The summed E-state index contributed by atoms with van der Waals surface area (Å²) in [6, 6.07) is 15.5. The van der Waals surface area contributed by atoms with Crippen LogP contribution in [0, 0.1) is 0 Å². The maximum absolute atomic E-state index is 12.6. The molecule has 0 aliphatic carbocycles. The molecular formula is C23H28N2O4. The Morgan fingerprint density at radius 2 is 1.86 bits per heavy atom. The Morgan fingerprint density at radius 3 is 2.66 bits per heavy atom. The molecule has 1 atom stereocenters. The molecule has 0 fully saturated rings. The Bertz CT molecular complexity index is 935. The van der Waals surface area contributed by atoms with Gasteiger partial charge in [0.25, 0.3) is 0 Å². The van der Waals surface area contributed by atoms with Crippen molar-refractivity contribution >= 4 is 16.9 Å². The summed E-state index contributed by atoms with van der Waals surface area (Å²) in [5.74, 6) is 1.13. The molecule has 2 N–H and O–H groups in total. The second-order valence-corrected chi connectivity index (χ2v) is 7.17. The fraction of sp³-hybridized carbons (Fsp3) is 0.348. The van der Waals surface area contributed by atoms with Crippen LogP contribution in [-0.2, 0) is 16.0 Å². The van der Waals surface area contributed by atoms with Gasteiger partial charge in [0.05, 0.1) is 13.5 Å². The lowest BCUT2D eigenvalue weighted by Gasteiger charge is -2.21. The van der Waals surface area contributed by atoms with Gasteiger partial charge < -0.3 is 24.5 Å². The van der Waals surface area contributed by atoms with Crippen molar-refractivity contribution in [2.24, 2.45) is 0 Å². The van der Waals surface area contributed by atoms with Crippen LogP contribution in [0.15, 0.2) is 54.7 Å². The van der Waals surface area contributed by atoms with E-state index in [4.69, 9.17) is 14.2 Å². The van der Waals surface area contributed by atoms with Crippen LogP contribution in [0.25, 0.3) is 10.9 Å². The smallest absolute Gasteiger partial charge is 0.310 e. The maximum atomic E-state index is 12.6. The monoisotopic (exact) mass is 396 g/mol. The van der Waals surface area contributed by atoms with Gasteiger partial charge in [-0.05, 0) is 24.3 Å².